The zero-order valence-electron chi connectivity index (χ0n) is 14.3. The summed E-state index contributed by atoms with van der Waals surface area (Å²) in [4.78, 5) is 20.4. The summed E-state index contributed by atoms with van der Waals surface area (Å²) >= 11 is 0. The molecule has 0 radical (unpaired) electrons. The molecule has 2 amide bonds. The monoisotopic (exact) mass is 340 g/mol. The van der Waals surface area contributed by atoms with Crippen LogP contribution in [0.15, 0.2) is 24.7 Å². The molecule has 0 unspecified atom stereocenters. The summed E-state index contributed by atoms with van der Waals surface area (Å²) in [7, 11) is 0. The summed E-state index contributed by atoms with van der Waals surface area (Å²) in [5.74, 6) is 0.588. The lowest BCUT2D eigenvalue weighted by atomic mass is 10.2. The number of hydrogen-bond acceptors (Lipinski definition) is 4. The SMILES string of the molecule is O=C(NCCn1nc(-c2cnccn2)cc1C1CC1)NC1CCCC1. The predicted octanol–water partition coefficient (Wildman–Crippen LogP) is 2.46. The Bertz CT molecular complexity index is 718. The van der Waals surface area contributed by atoms with Crippen molar-refractivity contribution in [2.24, 2.45) is 0 Å². The summed E-state index contributed by atoms with van der Waals surface area (Å²) < 4.78 is 2.01. The third kappa shape index (κ3) is 3.97. The Morgan fingerprint density at radius 2 is 2.00 bits per heavy atom. The van der Waals surface area contributed by atoms with Crippen LogP contribution < -0.4 is 10.6 Å². The second kappa shape index (κ2) is 7.21. The maximum absolute atomic E-state index is 12.0. The minimum absolute atomic E-state index is 0.0684. The fourth-order valence-corrected chi connectivity index (χ4v) is 3.46. The number of aromatic nitrogens is 4. The van der Waals surface area contributed by atoms with Crippen LogP contribution in [0.25, 0.3) is 11.4 Å². The van der Waals surface area contributed by atoms with Gasteiger partial charge in [0.1, 0.15) is 11.4 Å². The number of hydrogen-bond donors (Lipinski definition) is 2. The Morgan fingerprint density at radius 3 is 2.72 bits per heavy atom. The average molecular weight is 340 g/mol. The highest BCUT2D eigenvalue weighted by molar-refractivity contribution is 5.74. The van der Waals surface area contributed by atoms with Gasteiger partial charge in [-0.15, -0.1) is 0 Å². The summed E-state index contributed by atoms with van der Waals surface area (Å²) in [5.41, 5.74) is 2.87. The molecule has 2 aromatic heterocycles. The van der Waals surface area contributed by atoms with Gasteiger partial charge in [-0.25, -0.2) is 4.79 Å². The Hall–Kier alpha value is -2.44. The molecule has 2 aromatic rings. The zero-order chi connectivity index (χ0) is 17.1. The van der Waals surface area contributed by atoms with Gasteiger partial charge in [0.25, 0.3) is 0 Å². The molecule has 2 aliphatic rings. The maximum Gasteiger partial charge on any atom is 0.315 e. The standard InChI is InChI=1S/C18H24N6O/c25-18(22-14-3-1-2-4-14)21-9-10-24-17(13-5-6-13)11-15(23-24)16-12-19-7-8-20-16/h7-8,11-14H,1-6,9-10H2,(H2,21,22,25). The van der Waals surface area contributed by atoms with E-state index in [9.17, 15) is 4.79 Å². The normalized spacial score (nSPS) is 17.6. The van der Waals surface area contributed by atoms with Crippen molar-refractivity contribution in [2.45, 2.75) is 57.0 Å². The highest BCUT2D eigenvalue weighted by Gasteiger charge is 2.28. The molecule has 0 spiro atoms. The zero-order valence-corrected chi connectivity index (χ0v) is 14.3. The highest BCUT2D eigenvalue weighted by atomic mass is 16.2. The molecule has 2 saturated carbocycles. The van der Waals surface area contributed by atoms with Crippen molar-refractivity contribution < 1.29 is 4.79 Å². The van der Waals surface area contributed by atoms with E-state index >= 15 is 0 Å². The van der Waals surface area contributed by atoms with Gasteiger partial charge in [0.2, 0.25) is 0 Å². The van der Waals surface area contributed by atoms with Crippen LogP contribution in [0.5, 0.6) is 0 Å². The maximum atomic E-state index is 12.0. The largest absolute Gasteiger partial charge is 0.336 e. The minimum atomic E-state index is -0.0684. The van der Waals surface area contributed by atoms with Crippen LogP contribution in [0.3, 0.4) is 0 Å². The van der Waals surface area contributed by atoms with E-state index in [1.165, 1.54) is 31.4 Å². The fraction of sp³-hybridized carbons (Fsp3) is 0.556. The molecule has 2 heterocycles. The van der Waals surface area contributed by atoms with E-state index in [1.807, 2.05) is 4.68 Å². The van der Waals surface area contributed by atoms with E-state index in [0.717, 1.165) is 24.2 Å². The lowest BCUT2D eigenvalue weighted by Gasteiger charge is -2.13. The van der Waals surface area contributed by atoms with Gasteiger partial charge >= 0.3 is 6.03 Å². The number of carbonyl (C=O) groups excluding carboxylic acids is 1. The highest BCUT2D eigenvalue weighted by Crippen LogP contribution is 2.41. The third-order valence-electron chi connectivity index (χ3n) is 4.93. The van der Waals surface area contributed by atoms with Crippen molar-refractivity contribution in [1.82, 2.24) is 30.4 Å². The van der Waals surface area contributed by atoms with Crippen molar-refractivity contribution in [3.63, 3.8) is 0 Å². The first-order chi connectivity index (χ1) is 12.3. The Morgan fingerprint density at radius 1 is 1.16 bits per heavy atom. The first kappa shape index (κ1) is 16.1. The molecule has 7 nitrogen and oxygen atoms in total. The van der Waals surface area contributed by atoms with E-state index in [4.69, 9.17) is 0 Å². The quantitative estimate of drug-likeness (QED) is 0.846. The number of urea groups is 1. The van der Waals surface area contributed by atoms with Gasteiger partial charge < -0.3 is 10.6 Å². The van der Waals surface area contributed by atoms with Crippen LogP contribution in [0.1, 0.15) is 50.1 Å². The second-order valence-electron chi connectivity index (χ2n) is 6.92. The van der Waals surface area contributed by atoms with Crippen LogP contribution in [-0.4, -0.2) is 38.4 Å². The van der Waals surface area contributed by atoms with Crippen LogP contribution in [0.4, 0.5) is 4.79 Å². The van der Waals surface area contributed by atoms with Gasteiger partial charge in [-0.2, -0.15) is 5.10 Å². The number of amides is 2. The van der Waals surface area contributed by atoms with Gasteiger partial charge in [-0.3, -0.25) is 14.6 Å². The Labute approximate surface area is 147 Å². The molecule has 2 aliphatic carbocycles. The Balaban J connectivity index is 1.36. The van der Waals surface area contributed by atoms with Gasteiger partial charge in [0.15, 0.2) is 0 Å². The molecule has 25 heavy (non-hydrogen) atoms. The van der Waals surface area contributed by atoms with Crippen molar-refractivity contribution in [3.05, 3.63) is 30.4 Å². The lowest BCUT2D eigenvalue weighted by Crippen LogP contribution is -2.42. The summed E-state index contributed by atoms with van der Waals surface area (Å²) in [5, 5.41) is 10.7. The number of nitrogens with one attached hydrogen (secondary N) is 2. The molecule has 0 aromatic carbocycles. The third-order valence-corrected chi connectivity index (χ3v) is 4.93. The molecule has 2 fully saturated rings. The van der Waals surface area contributed by atoms with E-state index in [-0.39, 0.29) is 6.03 Å². The minimum Gasteiger partial charge on any atom is -0.336 e. The average Bonchev–Trinajstić information content (AvgIpc) is 3.18. The van der Waals surface area contributed by atoms with Crippen LogP contribution in [0, 0.1) is 0 Å². The first-order valence-electron chi connectivity index (χ1n) is 9.18. The number of carbonyl (C=O) groups is 1. The molecule has 2 N–H and O–H groups in total. The number of nitrogens with zero attached hydrogens (tertiary/aromatic N) is 4. The van der Waals surface area contributed by atoms with Crippen molar-refractivity contribution in [1.29, 1.82) is 0 Å². The van der Waals surface area contributed by atoms with E-state index < -0.39 is 0 Å². The van der Waals surface area contributed by atoms with Crippen molar-refractivity contribution >= 4 is 6.03 Å². The molecular formula is C18H24N6O. The molecule has 7 heteroatoms. The van der Waals surface area contributed by atoms with Crippen molar-refractivity contribution in [2.75, 3.05) is 6.54 Å². The summed E-state index contributed by atoms with van der Waals surface area (Å²) in [6.45, 7) is 1.24. The predicted molar refractivity (Wildman–Crippen MR) is 94.0 cm³/mol. The fourth-order valence-electron chi connectivity index (χ4n) is 3.46. The summed E-state index contributed by atoms with van der Waals surface area (Å²) in [6, 6.07) is 2.39. The van der Waals surface area contributed by atoms with Gasteiger partial charge in [-0.05, 0) is 31.7 Å². The molecule has 132 valence electrons. The molecule has 0 aliphatic heterocycles. The molecule has 0 bridgehead atoms. The van der Waals surface area contributed by atoms with E-state index in [1.54, 1.807) is 18.6 Å². The molecule has 4 rings (SSSR count). The summed E-state index contributed by atoms with van der Waals surface area (Å²) in [6.07, 6.45) is 12.1. The van der Waals surface area contributed by atoms with Gasteiger partial charge in [-0.1, -0.05) is 12.8 Å². The Kier molecular flexibility index (Phi) is 4.63. The molecule has 0 atom stereocenters. The second-order valence-corrected chi connectivity index (χ2v) is 6.92. The first-order valence-corrected chi connectivity index (χ1v) is 9.18. The molecular weight excluding hydrogens is 316 g/mol. The van der Waals surface area contributed by atoms with E-state index in [0.29, 0.717) is 25.0 Å². The van der Waals surface area contributed by atoms with Gasteiger partial charge in [0, 0.05) is 36.6 Å². The lowest BCUT2D eigenvalue weighted by molar-refractivity contribution is 0.236. The van der Waals surface area contributed by atoms with Crippen molar-refractivity contribution in [3.8, 4) is 11.4 Å². The van der Waals surface area contributed by atoms with Crippen LogP contribution in [0.2, 0.25) is 0 Å². The number of rotatable bonds is 6. The molecule has 0 saturated heterocycles. The van der Waals surface area contributed by atoms with E-state index in [2.05, 4.69) is 31.8 Å². The van der Waals surface area contributed by atoms with Crippen LogP contribution in [-0.2, 0) is 6.54 Å². The topological polar surface area (TPSA) is 84.7 Å². The smallest absolute Gasteiger partial charge is 0.315 e. The van der Waals surface area contributed by atoms with Gasteiger partial charge in [0.05, 0.1) is 12.7 Å². The van der Waals surface area contributed by atoms with Crippen LogP contribution >= 0.6 is 0 Å².